The highest BCUT2D eigenvalue weighted by Crippen LogP contribution is 2.20. The minimum Gasteiger partial charge on any atom is -0.367 e. The Labute approximate surface area is 75.4 Å². The predicted octanol–water partition coefficient (Wildman–Crippen LogP) is 1.19. The number of alkyl halides is 1. The number of halogens is 1. The van der Waals surface area contributed by atoms with Crippen LogP contribution in [0.4, 0.5) is 0 Å². The van der Waals surface area contributed by atoms with Crippen molar-refractivity contribution in [3.8, 4) is 11.8 Å². The summed E-state index contributed by atoms with van der Waals surface area (Å²) in [6.07, 6.45) is 0.708. The van der Waals surface area contributed by atoms with Gasteiger partial charge in [0.2, 0.25) is 0 Å². The summed E-state index contributed by atoms with van der Waals surface area (Å²) in [6.45, 7) is 3.23. The molecule has 1 fully saturated rings. The van der Waals surface area contributed by atoms with Crippen molar-refractivity contribution in [2.75, 3.05) is 18.5 Å². The third kappa shape index (κ3) is 3.76. The Morgan fingerprint density at radius 3 is 2.82 bits per heavy atom. The van der Waals surface area contributed by atoms with Gasteiger partial charge in [-0.2, -0.15) is 0 Å². The quantitative estimate of drug-likeness (QED) is 0.308. The highest BCUT2D eigenvalue weighted by Gasteiger charge is 2.33. The SMILES string of the molecule is C[C@@H]1O[C@H]1COCC#CCBr. The Balaban J connectivity index is 1.89. The van der Waals surface area contributed by atoms with Gasteiger partial charge >= 0.3 is 0 Å². The van der Waals surface area contributed by atoms with Gasteiger partial charge in [-0.15, -0.1) is 0 Å². The standard InChI is InChI=1S/C8H11BrO2/c1-7-8(11-7)6-10-5-3-2-4-9/h7-8H,4-6H2,1H3/t7-,8-/m0/s1. The van der Waals surface area contributed by atoms with Gasteiger partial charge < -0.3 is 9.47 Å². The third-order valence-electron chi connectivity index (χ3n) is 1.48. The van der Waals surface area contributed by atoms with E-state index in [0.717, 1.165) is 0 Å². The fourth-order valence-corrected chi connectivity index (χ4v) is 0.928. The van der Waals surface area contributed by atoms with Crippen molar-refractivity contribution in [3.05, 3.63) is 0 Å². The van der Waals surface area contributed by atoms with E-state index in [1.807, 2.05) is 6.92 Å². The smallest absolute Gasteiger partial charge is 0.107 e. The molecular weight excluding hydrogens is 208 g/mol. The van der Waals surface area contributed by atoms with Gasteiger partial charge in [0.15, 0.2) is 0 Å². The first-order valence-corrected chi connectivity index (χ1v) is 4.71. The molecule has 11 heavy (non-hydrogen) atoms. The summed E-state index contributed by atoms with van der Waals surface area (Å²) in [6, 6.07) is 0. The summed E-state index contributed by atoms with van der Waals surface area (Å²) in [7, 11) is 0. The second-order valence-corrected chi connectivity index (χ2v) is 2.94. The summed E-state index contributed by atoms with van der Waals surface area (Å²) in [5.41, 5.74) is 0. The molecule has 0 bridgehead atoms. The van der Waals surface area contributed by atoms with Crippen LogP contribution in [0.1, 0.15) is 6.92 Å². The summed E-state index contributed by atoms with van der Waals surface area (Å²) in [5.74, 6) is 5.71. The molecular formula is C8H11BrO2. The van der Waals surface area contributed by atoms with Crippen LogP contribution in [0.5, 0.6) is 0 Å². The number of hydrogen-bond acceptors (Lipinski definition) is 2. The average Bonchev–Trinajstić information content (AvgIpc) is 2.67. The molecule has 2 nitrogen and oxygen atoms in total. The first kappa shape index (κ1) is 9.05. The van der Waals surface area contributed by atoms with Crippen LogP contribution in [-0.2, 0) is 9.47 Å². The molecule has 1 saturated heterocycles. The van der Waals surface area contributed by atoms with E-state index in [1.54, 1.807) is 0 Å². The zero-order chi connectivity index (χ0) is 8.10. The Morgan fingerprint density at radius 2 is 2.27 bits per heavy atom. The molecule has 2 atom stereocenters. The van der Waals surface area contributed by atoms with Gasteiger partial charge in [0.05, 0.1) is 18.0 Å². The molecule has 0 aromatic carbocycles. The van der Waals surface area contributed by atoms with Crippen molar-refractivity contribution in [2.24, 2.45) is 0 Å². The molecule has 0 aliphatic carbocycles. The van der Waals surface area contributed by atoms with Crippen LogP contribution in [0.15, 0.2) is 0 Å². The van der Waals surface area contributed by atoms with E-state index in [9.17, 15) is 0 Å². The molecule has 1 rings (SSSR count). The lowest BCUT2D eigenvalue weighted by Crippen LogP contribution is -2.03. The number of ether oxygens (including phenoxy) is 2. The number of hydrogen-bond donors (Lipinski definition) is 0. The van der Waals surface area contributed by atoms with Crippen molar-refractivity contribution in [1.29, 1.82) is 0 Å². The van der Waals surface area contributed by atoms with Crippen molar-refractivity contribution in [3.63, 3.8) is 0 Å². The average molecular weight is 219 g/mol. The van der Waals surface area contributed by atoms with Gasteiger partial charge in [-0.05, 0) is 6.92 Å². The molecule has 3 heteroatoms. The molecule has 1 aliphatic rings. The van der Waals surface area contributed by atoms with E-state index in [-0.39, 0.29) is 0 Å². The maximum atomic E-state index is 5.21. The van der Waals surface area contributed by atoms with Gasteiger partial charge in [0.25, 0.3) is 0 Å². The van der Waals surface area contributed by atoms with E-state index >= 15 is 0 Å². The second kappa shape index (κ2) is 4.76. The lowest BCUT2D eigenvalue weighted by atomic mass is 10.4. The summed E-state index contributed by atoms with van der Waals surface area (Å²) >= 11 is 3.20. The molecule has 0 amide bonds. The number of epoxide rings is 1. The maximum Gasteiger partial charge on any atom is 0.107 e. The topological polar surface area (TPSA) is 21.8 Å². The monoisotopic (exact) mass is 218 g/mol. The zero-order valence-corrected chi connectivity index (χ0v) is 8.06. The normalized spacial score (nSPS) is 27.5. The molecule has 1 heterocycles. The van der Waals surface area contributed by atoms with Crippen molar-refractivity contribution < 1.29 is 9.47 Å². The minimum atomic E-state index is 0.320. The molecule has 0 aromatic rings. The molecule has 0 unspecified atom stereocenters. The van der Waals surface area contributed by atoms with Crippen LogP contribution in [-0.4, -0.2) is 30.8 Å². The highest BCUT2D eigenvalue weighted by molar-refractivity contribution is 9.09. The molecule has 0 aromatic heterocycles. The largest absolute Gasteiger partial charge is 0.367 e. The fourth-order valence-electron chi connectivity index (χ4n) is 0.730. The van der Waals surface area contributed by atoms with Gasteiger partial charge in [-0.1, -0.05) is 27.8 Å². The van der Waals surface area contributed by atoms with E-state index in [4.69, 9.17) is 9.47 Å². The fraction of sp³-hybridized carbons (Fsp3) is 0.750. The van der Waals surface area contributed by atoms with Crippen LogP contribution in [0, 0.1) is 11.8 Å². The van der Waals surface area contributed by atoms with Gasteiger partial charge in [-0.3, -0.25) is 0 Å². The summed E-state index contributed by atoms with van der Waals surface area (Å²) in [5, 5.41) is 0.715. The van der Waals surface area contributed by atoms with Crippen LogP contribution >= 0.6 is 15.9 Å². The van der Waals surface area contributed by atoms with Gasteiger partial charge in [0.1, 0.15) is 12.7 Å². The Kier molecular flexibility index (Phi) is 3.92. The van der Waals surface area contributed by atoms with E-state index in [2.05, 4.69) is 27.8 Å². The van der Waals surface area contributed by atoms with E-state index in [1.165, 1.54) is 0 Å². The van der Waals surface area contributed by atoms with Crippen molar-refractivity contribution in [2.45, 2.75) is 19.1 Å². The third-order valence-corrected chi connectivity index (χ3v) is 1.76. The second-order valence-electron chi connectivity index (χ2n) is 2.38. The molecule has 0 radical (unpaired) electrons. The Hall–Kier alpha value is -0.0400. The molecule has 0 spiro atoms. The van der Waals surface area contributed by atoms with Crippen LogP contribution < -0.4 is 0 Å². The summed E-state index contributed by atoms with van der Waals surface area (Å²) < 4.78 is 10.4. The van der Waals surface area contributed by atoms with Crippen LogP contribution in [0.2, 0.25) is 0 Å². The Morgan fingerprint density at radius 1 is 1.55 bits per heavy atom. The first-order chi connectivity index (χ1) is 5.34. The van der Waals surface area contributed by atoms with E-state index < -0.39 is 0 Å². The van der Waals surface area contributed by atoms with Gasteiger partial charge in [-0.25, -0.2) is 0 Å². The molecule has 1 aliphatic heterocycles. The van der Waals surface area contributed by atoms with Crippen molar-refractivity contribution in [1.82, 2.24) is 0 Å². The lowest BCUT2D eigenvalue weighted by molar-refractivity contribution is 0.145. The summed E-state index contributed by atoms with van der Waals surface area (Å²) in [4.78, 5) is 0. The molecule has 0 saturated carbocycles. The first-order valence-electron chi connectivity index (χ1n) is 3.59. The van der Waals surface area contributed by atoms with Crippen LogP contribution in [0.25, 0.3) is 0 Å². The number of rotatable bonds is 3. The maximum absolute atomic E-state index is 5.21. The zero-order valence-electron chi connectivity index (χ0n) is 6.47. The minimum absolute atomic E-state index is 0.320. The van der Waals surface area contributed by atoms with Crippen LogP contribution in [0.3, 0.4) is 0 Å². The van der Waals surface area contributed by atoms with Crippen molar-refractivity contribution >= 4 is 15.9 Å². The van der Waals surface area contributed by atoms with E-state index in [0.29, 0.717) is 30.8 Å². The molecule has 62 valence electrons. The highest BCUT2D eigenvalue weighted by atomic mass is 79.9. The predicted molar refractivity (Wildman–Crippen MR) is 46.7 cm³/mol. The Bertz CT molecular complexity index is 171. The lowest BCUT2D eigenvalue weighted by Gasteiger charge is -1.92. The molecule has 0 N–H and O–H groups in total. The van der Waals surface area contributed by atoms with Gasteiger partial charge in [0, 0.05) is 0 Å².